The quantitative estimate of drug-likeness (QED) is 0.757. The van der Waals surface area contributed by atoms with E-state index in [1.165, 1.54) is 16.8 Å². The molecule has 1 aromatic rings. The van der Waals surface area contributed by atoms with Gasteiger partial charge in [-0.2, -0.15) is 4.31 Å². The summed E-state index contributed by atoms with van der Waals surface area (Å²) in [5.41, 5.74) is 0. The van der Waals surface area contributed by atoms with Crippen molar-refractivity contribution in [2.24, 2.45) is 5.92 Å². The predicted molar refractivity (Wildman–Crippen MR) is 70.0 cm³/mol. The van der Waals surface area contributed by atoms with Crippen molar-refractivity contribution in [3.05, 3.63) is 17.9 Å². The standard InChI is InChI=1S/C12H18ClNO3S/c1-2-14(9-10-4-3-5-10)18(15,16)12-7-6-11(8-13)17-12/h6-7,10H,2-5,8-9H2,1H3. The molecule has 0 radical (unpaired) electrons. The van der Waals surface area contributed by atoms with Crippen molar-refractivity contribution in [1.29, 1.82) is 0 Å². The van der Waals surface area contributed by atoms with Crippen LogP contribution in [0.2, 0.25) is 0 Å². The van der Waals surface area contributed by atoms with Gasteiger partial charge in [0.25, 0.3) is 10.0 Å². The van der Waals surface area contributed by atoms with Crippen molar-refractivity contribution < 1.29 is 12.8 Å². The van der Waals surface area contributed by atoms with Gasteiger partial charge in [-0.05, 0) is 30.9 Å². The number of alkyl halides is 1. The van der Waals surface area contributed by atoms with E-state index in [1.807, 2.05) is 6.92 Å². The maximum Gasteiger partial charge on any atom is 0.276 e. The molecule has 0 bridgehead atoms. The summed E-state index contributed by atoms with van der Waals surface area (Å²) < 4.78 is 31.5. The minimum absolute atomic E-state index is 0.000626. The molecule has 6 heteroatoms. The average Bonchev–Trinajstić information content (AvgIpc) is 2.76. The van der Waals surface area contributed by atoms with Gasteiger partial charge < -0.3 is 4.42 Å². The zero-order valence-corrected chi connectivity index (χ0v) is 12.0. The van der Waals surface area contributed by atoms with Crippen LogP contribution in [0.4, 0.5) is 0 Å². The van der Waals surface area contributed by atoms with Gasteiger partial charge in [0.2, 0.25) is 5.09 Å². The molecule has 1 heterocycles. The molecule has 1 aromatic heterocycles. The molecule has 0 spiro atoms. The highest BCUT2D eigenvalue weighted by molar-refractivity contribution is 7.89. The SMILES string of the molecule is CCN(CC1CCC1)S(=O)(=O)c1ccc(CCl)o1. The summed E-state index contributed by atoms with van der Waals surface area (Å²) in [6.07, 6.45) is 3.45. The van der Waals surface area contributed by atoms with Crippen LogP contribution in [0.3, 0.4) is 0 Å². The lowest BCUT2D eigenvalue weighted by atomic mass is 9.85. The lowest BCUT2D eigenvalue weighted by Gasteiger charge is -2.30. The maximum atomic E-state index is 12.4. The Morgan fingerprint density at radius 2 is 2.17 bits per heavy atom. The lowest BCUT2D eigenvalue weighted by Crippen LogP contribution is -2.37. The van der Waals surface area contributed by atoms with E-state index in [2.05, 4.69) is 0 Å². The smallest absolute Gasteiger partial charge is 0.276 e. The van der Waals surface area contributed by atoms with E-state index >= 15 is 0 Å². The van der Waals surface area contributed by atoms with Crippen molar-refractivity contribution in [2.75, 3.05) is 13.1 Å². The first-order chi connectivity index (χ1) is 8.57. The first-order valence-corrected chi connectivity index (χ1v) is 8.20. The number of nitrogens with zero attached hydrogens (tertiary/aromatic N) is 1. The topological polar surface area (TPSA) is 50.5 Å². The highest BCUT2D eigenvalue weighted by Gasteiger charge is 2.30. The Morgan fingerprint density at radius 3 is 2.61 bits per heavy atom. The monoisotopic (exact) mass is 291 g/mol. The summed E-state index contributed by atoms with van der Waals surface area (Å²) in [4.78, 5) is 0. The molecular weight excluding hydrogens is 274 g/mol. The number of sulfonamides is 1. The molecule has 2 rings (SSSR count). The summed E-state index contributed by atoms with van der Waals surface area (Å²) in [5.74, 6) is 1.17. The maximum absolute atomic E-state index is 12.4. The van der Waals surface area contributed by atoms with E-state index in [0.717, 1.165) is 12.8 Å². The van der Waals surface area contributed by atoms with Gasteiger partial charge in [0.15, 0.2) is 0 Å². The van der Waals surface area contributed by atoms with Gasteiger partial charge in [-0.3, -0.25) is 0 Å². The Labute approximate surface area is 113 Å². The molecule has 102 valence electrons. The van der Waals surface area contributed by atoms with E-state index in [9.17, 15) is 8.42 Å². The third kappa shape index (κ3) is 2.73. The summed E-state index contributed by atoms with van der Waals surface area (Å²) in [6.45, 7) is 2.91. The fourth-order valence-electron chi connectivity index (χ4n) is 2.06. The minimum atomic E-state index is -3.50. The number of rotatable bonds is 6. The van der Waals surface area contributed by atoms with Crippen LogP contribution < -0.4 is 0 Å². The van der Waals surface area contributed by atoms with Crippen molar-refractivity contribution in [2.45, 2.75) is 37.2 Å². The largest absolute Gasteiger partial charge is 0.447 e. The molecule has 0 atom stereocenters. The van der Waals surface area contributed by atoms with Crippen molar-refractivity contribution in [3.63, 3.8) is 0 Å². The van der Waals surface area contributed by atoms with E-state index < -0.39 is 10.0 Å². The Kier molecular flexibility index (Phi) is 4.35. The highest BCUT2D eigenvalue weighted by atomic mass is 35.5. The zero-order chi connectivity index (χ0) is 13.2. The van der Waals surface area contributed by atoms with Crippen LogP contribution in [0.25, 0.3) is 0 Å². The molecule has 0 unspecified atom stereocenters. The van der Waals surface area contributed by atoms with E-state index in [4.69, 9.17) is 16.0 Å². The Balaban J connectivity index is 2.16. The van der Waals surface area contributed by atoms with E-state index in [0.29, 0.717) is 24.8 Å². The number of furan rings is 1. The summed E-state index contributed by atoms with van der Waals surface area (Å²) in [5, 5.41) is -0.000626. The zero-order valence-electron chi connectivity index (χ0n) is 10.4. The molecule has 4 nitrogen and oxygen atoms in total. The van der Waals surface area contributed by atoms with Gasteiger partial charge in [-0.1, -0.05) is 13.3 Å². The molecule has 1 saturated carbocycles. The van der Waals surface area contributed by atoms with Crippen LogP contribution in [0.1, 0.15) is 31.9 Å². The normalized spacial score (nSPS) is 17.1. The summed E-state index contributed by atoms with van der Waals surface area (Å²) in [7, 11) is -3.50. The van der Waals surface area contributed by atoms with E-state index in [1.54, 1.807) is 6.07 Å². The van der Waals surface area contributed by atoms with Gasteiger partial charge in [0, 0.05) is 13.1 Å². The molecule has 0 saturated heterocycles. The molecular formula is C12H18ClNO3S. The summed E-state index contributed by atoms with van der Waals surface area (Å²) in [6, 6.07) is 3.09. The van der Waals surface area contributed by atoms with E-state index in [-0.39, 0.29) is 11.0 Å². The third-order valence-corrected chi connectivity index (χ3v) is 5.48. The van der Waals surface area contributed by atoms with Gasteiger partial charge >= 0.3 is 0 Å². The second-order valence-corrected chi connectivity index (χ2v) is 6.74. The van der Waals surface area contributed by atoms with Gasteiger partial charge in [-0.15, -0.1) is 11.6 Å². The molecule has 0 N–H and O–H groups in total. The van der Waals surface area contributed by atoms with Gasteiger partial charge in [0.1, 0.15) is 5.76 Å². The molecule has 18 heavy (non-hydrogen) atoms. The Bertz CT molecular complexity index is 493. The number of halogens is 1. The van der Waals surface area contributed by atoms with Crippen LogP contribution >= 0.6 is 11.6 Å². The number of hydrogen-bond donors (Lipinski definition) is 0. The average molecular weight is 292 g/mol. The molecule has 1 aliphatic carbocycles. The van der Waals surface area contributed by atoms with Crippen LogP contribution in [0.15, 0.2) is 21.6 Å². The van der Waals surface area contributed by atoms with Crippen LogP contribution in [0, 0.1) is 5.92 Å². The molecule has 0 aliphatic heterocycles. The summed E-state index contributed by atoms with van der Waals surface area (Å²) >= 11 is 5.62. The second-order valence-electron chi connectivity index (χ2n) is 4.61. The van der Waals surface area contributed by atoms with Crippen molar-refractivity contribution in [1.82, 2.24) is 4.31 Å². The first kappa shape index (κ1) is 13.9. The first-order valence-electron chi connectivity index (χ1n) is 6.22. The van der Waals surface area contributed by atoms with Gasteiger partial charge in [-0.25, -0.2) is 8.42 Å². The van der Waals surface area contributed by atoms with Crippen LogP contribution in [-0.4, -0.2) is 25.8 Å². The minimum Gasteiger partial charge on any atom is -0.447 e. The molecule has 1 fully saturated rings. The fraction of sp³-hybridized carbons (Fsp3) is 0.667. The Hall–Kier alpha value is -0.520. The Morgan fingerprint density at radius 1 is 1.44 bits per heavy atom. The predicted octanol–water partition coefficient (Wildman–Crippen LogP) is 2.83. The third-order valence-electron chi connectivity index (χ3n) is 3.40. The van der Waals surface area contributed by atoms with Crippen molar-refractivity contribution >= 4 is 21.6 Å². The second kappa shape index (κ2) is 5.63. The molecule has 1 aliphatic rings. The number of hydrogen-bond acceptors (Lipinski definition) is 3. The lowest BCUT2D eigenvalue weighted by molar-refractivity contribution is 0.246. The fourth-order valence-corrected chi connectivity index (χ4v) is 3.65. The van der Waals surface area contributed by atoms with Crippen LogP contribution in [0.5, 0.6) is 0 Å². The molecule has 0 amide bonds. The van der Waals surface area contributed by atoms with Crippen LogP contribution in [-0.2, 0) is 15.9 Å². The molecule has 0 aromatic carbocycles. The van der Waals surface area contributed by atoms with Crippen molar-refractivity contribution in [3.8, 4) is 0 Å². The highest BCUT2D eigenvalue weighted by Crippen LogP contribution is 2.29. The van der Waals surface area contributed by atoms with Gasteiger partial charge in [0.05, 0.1) is 5.88 Å².